The molecular formula is C10H14O2S. The second-order valence-electron chi connectivity index (χ2n) is 2.79. The molecule has 1 aromatic rings. The highest BCUT2D eigenvalue weighted by Crippen LogP contribution is 2.18. The molecule has 1 aromatic carbocycles. The summed E-state index contributed by atoms with van der Waals surface area (Å²) in [7, 11) is 0. The topological polar surface area (TPSA) is 40.5 Å². The number of aliphatic hydroxyl groups excluding tert-OH is 2. The predicted octanol–water partition coefficient (Wildman–Crippen LogP) is 1.52. The van der Waals surface area contributed by atoms with E-state index in [9.17, 15) is 5.11 Å². The smallest absolute Gasteiger partial charge is 0.0655 e. The first-order valence-corrected chi connectivity index (χ1v) is 5.28. The van der Waals surface area contributed by atoms with E-state index >= 15 is 0 Å². The van der Waals surface area contributed by atoms with Crippen molar-refractivity contribution >= 4 is 11.8 Å². The van der Waals surface area contributed by atoms with Gasteiger partial charge in [-0.25, -0.2) is 0 Å². The van der Waals surface area contributed by atoms with Gasteiger partial charge in [0.15, 0.2) is 0 Å². The number of thioether (sulfide) groups is 1. The minimum absolute atomic E-state index is 0.0521. The lowest BCUT2D eigenvalue weighted by atomic mass is 10.3. The van der Waals surface area contributed by atoms with Gasteiger partial charge in [-0.3, -0.25) is 0 Å². The molecule has 1 atom stereocenters. The Balaban J connectivity index is 2.27. The number of aliphatic hydroxyl groups is 2. The molecule has 2 nitrogen and oxygen atoms in total. The van der Waals surface area contributed by atoms with Gasteiger partial charge < -0.3 is 10.2 Å². The maximum absolute atomic E-state index is 9.33. The Morgan fingerprint density at radius 1 is 1.23 bits per heavy atom. The zero-order valence-corrected chi connectivity index (χ0v) is 8.20. The molecule has 3 heteroatoms. The van der Waals surface area contributed by atoms with Crippen molar-refractivity contribution in [2.24, 2.45) is 0 Å². The third-order valence-electron chi connectivity index (χ3n) is 1.65. The average Bonchev–Trinajstić information content (AvgIpc) is 2.17. The molecule has 0 saturated carbocycles. The summed E-state index contributed by atoms with van der Waals surface area (Å²) < 4.78 is 0. The summed E-state index contributed by atoms with van der Waals surface area (Å²) in [6, 6.07) is 9.93. The molecule has 2 N–H and O–H groups in total. The fraction of sp³-hybridized carbons (Fsp3) is 0.400. The fourth-order valence-electron chi connectivity index (χ4n) is 0.941. The van der Waals surface area contributed by atoms with E-state index in [-0.39, 0.29) is 6.61 Å². The summed E-state index contributed by atoms with van der Waals surface area (Å²) in [5.41, 5.74) is 0. The third kappa shape index (κ3) is 4.31. The molecule has 0 aromatic heterocycles. The normalized spacial score (nSPS) is 12.8. The van der Waals surface area contributed by atoms with Crippen molar-refractivity contribution in [3.05, 3.63) is 30.3 Å². The molecular weight excluding hydrogens is 184 g/mol. The van der Waals surface area contributed by atoms with Crippen LogP contribution in [0.5, 0.6) is 0 Å². The monoisotopic (exact) mass is 198 g/mol. The fourth-order valence-corrected chi connectivity index (χ4v) is 1.84. The van der Waals surface area contributed by atoms with Crippen LogP contribution in [-0.4, -0.2) is 28.7 Å². The van der Waals surface area contributed by atoms with E-state index < -0.39 is 6.10 Å². The van der Waals surface area contributed by atoms with Gasteiger partial charge in [0.05, 0.1) is 6.10 Å². The molecule has 13 heavy (non-hydrogen) atoms. The summed E-state index contributed by atoms with van der Waals surface area (Å²) in [5, 5.41) is 17.9. The standard InChI is InChI=1S/C10H14O2S/c11-7-6-9(12)8-13-10-4-2-1-3-5-10/h1-5,9,11-12H,6-8H2. The Morgan fingerprint density at radius 2 is 1.92 bits per heavy atom. The van der Waals surface area contributed by atoms with E-state index in [0.717, 1.165) is 4.90 Å². The maximum atomic E-state index is 9.33. The van der Waals surface area contributed by atoms with Crippen molar-refractivity contribution in [2.45, 2.75) is 17.4 Å². The number of hydrogen-bond acceptors (Lipinski definition) is 3. The van der Waals surface area contributed by atoms with E-state index in [4.69, 9.17) is 5.11 Å². The molecule has 1 unspecified atom stereocenters. The number of benzene rings is 1. The van der Waals surface area contributed by atoms with Crippen LogP contribution in [-0.2, 0) is 0 Å². The zero-order chi connectivity index (χ0) is 9.52. The first-order valence-electron chi connectivity index (χ1n) is 4.29. The lowest BCUT2D eigenvalue weighted by molar-refractivity contribution is 0.152. The Labute approximate surface area is 82.6 Å². The minimum atomic E-state index is -0.407. The molecule has 0 aliphatic heterocycles. The second kappa shape index (κ2) is 6.02. The van der Waals surface area contributed by atoms with Crippen molar-refractivity contribution in [1.82, 2.24) is 0 Å². The molecule has 0 bridgehead atoms. The van der Waals surface area contributed by atoms with Crippen LogP contribution in [0.2, 0.25) is 0 Å². The lowest BCUT2D eigenvalue weighted by Crippen LogP contribution is -2.11. The zero-order valence-electron chi connectivity index (χ0n) is 7.39. The van der Waals surface area contributed by atoms with Gasteiger partial charge in [0.2, 0.25) is 0 Å². The van der Waals surface area contributed by atoms with Gasteiger partial charge in [-0.2, -0.15) is 0 Å². The molecule has 0 spiro atoms. The highest BCUT2D eigenvalue weighted by atomic mass is 32.2. The van der Waals surface area contributed by atoms with Crippen molar-refractivity contribution in [3.8, 4) is 0 Å². The summed E-state index contributed by atoms with van der Waals surface area (Å²) in [4.78, 5) is 1.15. The summed E-state index contributed by atoms with van der Waals surface area (Å²) in [6.07, 6.45) is 0.0510. The minimum Gasteiger partial charge on any atom is -0.396 e. The van der Waals surface area contributed by atoms with Crippen LogP contribution in [0.25, 0.3) is 0 Å². The molecule has 0 aliphatic carbocycles. The van der Waals surface area contributed by atoms with Gasteiger partial charge in [-0.15, -0.1) is 11.8 Å². The summed E-state index contributed by atoms with van der Waals surface area (Å²) >= 11 is 1.61. The highest BCUT2D eigenvalue weighted by molar-refractivity contribution is 7.99. The number of rotatable bonds is 5. The molecule has 0 saturated heterocycles. The van der Waals surface area contributed by atoms with Crippen molar-refractivity contribution in [2.75, 3.05) is 12.4 Å². The van der Waals surface area contributed by atoms with Gasteiger partial charge in [0.1, 0.15) is 0 Å². The maximum Gasteiger partial charge on any atom is 0.0655 e. The van der Waals surface area contributed by atoms with E-state index in [1.54, 1.807) is 11.8 Å². The quantitative estimate of drug-likeness (QED) is 0.705. The molecule has 0 radical (unpaired) electrons. The largest absolute Gasteiger partial charge is 0.396 e. The van der Waals surface area contributed by atoms with Crippen molar-refractivity contribution in [3.63, 3.8) is 0 Å². The van der Waals surface area contributed by atoms with E-state index in [1.807, 2.05) is 30.3 Å². The van der Waals surface area contributed by atoms with E-state index in [0.29, 0.717) is 12.2 Å². The molecule has 0 amide bonds. The Bertz CT molecular complexity index is 226. The Morgan fingerprint density at radius 3 is 2.54 bits per heavy atom. The Kier molecular flexibility index (Phi) is 4.90. The van der Waals surface area contributed by atoms with Crippen LogP contribution in [0.1, 0.15) is 6.42 Å². The van der Waals surface area contributed by atoms with Gasteiger partial charge in [0, 0.05) is 17.3 Å². The van der Waals surface area contributed by atoms with Crippen LogP contribution in [0, 0.1) is 0 Å². The summed E-state index contributed by atoms with van der Waals surface area (Å²) in [6.45, 7) is 0.0521. The van der Waals surface area contributed by atoms with Gasteiger partial charge >= 0.3 is 0 Å². The van der Waals surface area contributed by atoms with Gasteiger partial charge in [-0.05, 0) is 18.6 Å². The van der Waals surface area contributed by atoms with Crippen LogP contribution in [0.4, 0.5) is 0 Å². The Hall–Kier alpha value is -0.510. The highest BCUT2D eigenvalue weighted by Gasteiger charge is 2.03. The van der Waals surface area contributed by atoms with Gasteiger partial charge in [-0.1, -0.05) is 18.2 Å². The molecule has 1 rings (SSSR count). The van der Waals surface area contributed by atoms with Crippen molar-refractivity contribution < 1.29 is 10.2 Å². The van der Waals surface area contributed by atoms with Crippen LogP contribution in [0.15, 0.2) is 35.2 Å². The van der Waals surface area contributed by atoms with Crippen LogP contribution in [0.3, 0.4) is 0 Å². The average molecular weight is 198 g/mol. The molecule has 0 aliphatic rings. The van der Waals surface area contributed by atoms with Gasteiger partial charge in [0.25, 0.3) is 0 Å². The second-order valence-corrected chi connectivity index (χ2v) is 3.88. The van der Waals surface area contributed by atoms with Crippen LogP contribution < -0.4 is 0 Å². The first-order chi connectivity index (χ1) is 6.33. The molecule has 0 heterocycles. The van der Waals surface area contributed by atoms with Crippen LogP contribution >= 0.6 is 11.8 Å². The molecule has 72 valence electrons. The van der Waals surface area contributed by atoms with E-state index in [1.165, 1.54) is 0 Å². The van der Waals surface area contributed by atoms with E-state index in [2.05, 4.69) is 0 Å². The third-order valence-corrected chi connectivity index (χ3v) is 2.80. The molecule has 0 fully saturated rings. The van der Waals surface area contributed by atoms with Crippen molar-refractivity contribution in [1.29, 1.82) is 0 Å². The lowest BCUT2D eigenvalue weighted by Gasteiger charge is -2.07. The summed E-state index contributed by atoms with van der Waals surface area (Å²) in [5.74, 6) is 0.643. The number of hydrogen-bond donors (Lipinski definition) is 2. The predicted molar refractivity (Wildman–Crippen MR) is 54.9 cm³/mol. The SMILES string of the molecule is OCCC(O)CSc1ccccc1. The first kappa shape index (κ1) is 10.6.